The summed E-state index contributed by atoms with van der Waals surface area (Å²) in [6, 6.07) is 39.0. The van der Waals surface area contributed by atoms with Gasteiger partial charge in [-0.25, -0.2) is 4.98 Å². The highest BCUT2D eigenvalue weighted by molar-refractivity contribution is 6.13. The van der Waals surface area contributed by atoms with Gasteiger partial charge in [0.05, 0.1) is 58.4 Å². The fraction of sp³-hybridized carbons (Fsp3) is 0.233. The zero-order valence-corrected chi connectivity index (χ0v) is 49.9. The highest BCUT2D eigenvalue weighted by Crippen LogP contribution is 2.51. The Balaban J connectivity index is 1.05. The van der Waals surface area contributed by atoms with Gasteiger partial charge >= 0.3 is 0 Å². The molecule has 0 saturated heterocycles. The van der Waals surface area contributed by atoms with Crippen LogP contribution in [0, 0.1) is 6.33 Å². The van der Waals surface area contributed by atoms with Gasteiger partial charge in [-0.05, 0) is 175 Å². The minimum absolute atomic E-state index is 0.0522. The summed E-state index contributed by atoms with van der Waals surface area (Å²) in [5.41, 5.74) is -27.8. The normalized spacial score (nSPS) is 25.1. The summed E-state index contributed by atoms with van der Waals surface area (Å²) in [6.07, 6.45) is -14.5. The standard InChI is InChI=1S/C86H77N5O2/c1-82(2,3)55-38-43-87-80(46-55)91-72-32-18-14-26-62(72)64-48-76(90-70-30-16-12-24-60(70)61-25-13-17-31-71(61)90)79(50-73(64)91)92-57-23-20-22-56(47-57)88-52-89(74-49-65-63-27-15-19-33-77(63)93-78(65)51-75(74)88)81-58(53-34-36-66-68(44-53)85(8,9)41-39-83(66,4)5)28-21-29-59(81)54-35-37-67-69(45-54)86(10,11)42-40-84(67,6)7/h12-38,43-51H,39-42H2,1-11H3/i4D3,5D3,6D3,7D3,8D3,9D3,10D3,11D3,34D,35D,36D,37D,39D2,40D2,41D2,42D2,44D,45D. The Morgan fingerprint density at radius 3 is 1.69 bits per heavy atom. The molecule has 0 amide bonds. The van der Waals surface area contributed by atoms with E-state index in [9.17, 15) is 35.6 Å². The van der Waals surface area contributed by atoms with Crippen LogP contribution in [0.4, 0.5) is 0 Å². The van der Waals surface area contributed by atoms with Crippen molar-refractivity contribution in [3.05, 3.63) is 253 Å². The monoisotopic (exact) mass is 1250 g/mol. The lowest BCUT2D eigenvalue weighted by Gasteiger charge is -2.42. The van der Waals surface area contributed by atoms with Crippen LogP contribution in [0.25, 0.3) is 122 Å². The van der Waals surface area contributed by atoms with E-state index in [2.05, 4.69) is 31.7 Å². The second kappa shape index (κ2) is 20.3. The number of furan rings is 1. The Kier molecular flexibility index (Phi) is 6.48. The SMILES string of the molecule is [2H]c1c([2H])c2c(c([2H])c1-c1cccc(-c3c([2H])c([2H])c4c(c3[2H])C(C([2H])([2H])[2H])(C([2H])([2H])[2H])C([2H])([2H])C([2H])([2H])C4(C([2H])([2H])[2H])C([2H])([2H])[2H])c1-[n+]1[c-]n(-c3cccc(Oc4cc5c(cc4-n4c6ccccc6c6ccccc64)c4ccccc4n5-c4cc(C(C)(C)C)ccn4)c3)c3cc4oc5ccccc5c4cc31)C(C([2H])([2H])[2H])(C([2H])([2H])[2H])C([2H])([2H])C([2H])([2H])C2(C([2H])([2H])[2H])C([2H])([2H])[2H]. The van der Waals surface area contributed by atoms with Gasteiger partial charge in [0.25, 0.3) is 6.33 Å². The van der Waals surface area contributed by atoms with Crippen LogP contribution < -0.4 is 9.30 Å². The van der Waals surface area contributed by atoms with Gasteiger partial charge in [0.15, 0.2) is 5.75 Å². The van der Waals surface area contributed by atoms with E-state index in [1.54, 1.807) is 48.7 Å². The van der Waals surface area contributed by atoms with E-state index < -0.39 is 188 Å². The Morgan fingerprint density at radius 2 is 1.08 bits per heavy atom. The van der Waals surface area contributed by atoms with Gasteiger partial charge in [-0.3, -0.25) is 13.7 Å². The van der Waals surface area contributed by atoms with E-state index in [4.69, 9.17) is 30.6 Å². The maximum absolute atomic E-state index is 10.7. The van der Waals surface area contributed by atoms with Crippen molar-refractivity contribution in [2.24, 2.45) is 0 Å². The molecule has 0 aliphatic heterocycles. The van der Waals surface area contributed by atoms with Crippen molar-refractivity contribution >= 4 is 76.6 Å². The molecule has 0 unspecified atom stereocenters. The van der Waals surface area contributed by atoms with Crippen LogP contribution in [-0.4, -0.2) is 18.7 Å². The number of pyridine rings is 1. The number of para-hydroxylation sites is 5. The number of ether oxygens (including phenoxy) is 1. The van der Waals surface area contributed by atoms with E-state index in [-0.39, 0.29) is 50.2 Å². The molecule has 0 atom stereocenters. The molecule has 0 fully saturated rings. The number of nitrogens with zero attached hydrogens (tertiary/aromatic N) is 5. The van der Waals surface area contributed by atoms with Crippen molar-refractivity contribution in [2.75, 3.05) is 0 Å². The Labute approximate surface area is 597 Å². The van der Waals surface area contributed by atoms with Crippen LogP contribution in [0.2, 0.25) is 0 Å². The molecule has 0 radical (unpaired) electrons. The van der Waals surface area contributed by atoms with Gasteiger partial charge < -0.3 is 13.7 Å². The van der Waals surface area contributed by atoms with Gasteiger partial charge in [0.2, 0.25) is 0 Å². The molecular weight excluding hydrogens is 1130 g/mol. The van der Waals surface area contributed by atoms with Gasteiger partial charge in [0.1, 0.15) is 22.7 Å². The number of hydrogen-bond acceptors (Lipinski definition) is 3. The maximum Gasteiger partial charge on any atom is 0.269 e. The molecule has 0 N–H and O–H groups in total. The second-order valence-corrected chi connectivity index (χ2v) is 24.7. The number of aromatic nitrogens is 5. The van der Waals surface area contributed by atoms with Crippen LogP contribution >= 0.6 is 0 Å². The van der Waals surface area contributed by atoms with Crippen LogP contribution in [-0.2, 0) is 27.1 Å². The first-order valence-corrected chi connectivity index (χ1v) is 29.9. The smallest absolute Gasteiger partial charge is 0.269 e. The molecule has 0 saturated carbocycles. The largest absolute Gasteiger partial charge is 0.457 e. The van der Waals surface area contributed by atoms with Crippen molar-refractivity contribution in [1.29, 1.82) is 0 Å². The minimum atomic E-state index is -4.90. The Hall–Kier alpha value is -9.98. The van der Waals surface area contributed by atoms with Crippen LogP contribution in [0.15, 0.2) is 223 Å². The van der Waals surface area contributed by atoms with Crippen molar-refractivity contribution in [3.63, 3.8) is 0 Å². The summed E-state index contributed by atoms with van der Waals surface area (Å²) in [5.74, 6) is 0.872. The predicted molar refractivity (Wildman–Crippen MR) is 384 cm³/mol. The lowest BCUT2D eigenvalue weighted by atomic mass is 9.62. The number of fused-ring (bicyclic) bond motifs is 12. The number of benzene rings is 10. The molecule has 5 aromatic heterocycles. The number of rotatable bonds is 8. The van der Waals surface area contributed by atoms with Gasteiger partial charge in [-0.2, -0.15) is 0 Å². The lowest BCUT2D eigenvalue weighted by molar-refractivity contribution is -0.571. The molecule has 10 aromatic carbocycles. The molecule has 5 heterocycles. The van der Waals surface area contributed by atoms with E-state index in [0.29, 0.717) is 22.4 Å². The van der Waals surface area contributed by atoms with Crippen molar-refractivity contribution in [3.8, 4) is 56.6 Å². The predicted octanol–water partition coefficient (Wildman–Crippen LogP) is 22.3. The molecule has 15 aromatic rings. The van der Waals surface area contributed by atoms with Crippen molar-refractivity contribution < 1.29 is 65.8 Å². The average Bonchev–Trinajstić information content (AvgIpc) is 0.945. The van der Waals surface area contributed by atoms with Gasteiger partial charge in [0, 0.05) is 88.4 Å². The topological polar surface area (TPSA) is 53.9 Å². The molecule has 458 valence electrons. The third-order valence-corrected chi connectivity index (χ3v) is 17.7. The molecular formula is C86H77N5O2. The third-order valence-electron chi connectivity index (χ3n) is 17.7. The molecule has 93 heavy (non-hydrogen) atoms. The average molecular weight is 1250 g/mol. The van der Waals surface area contributed by atoms with E-state index in [1.165, 1.54) is 22.8 Å². The Bertz CT molecular complexity index is 7060. The van der Waals surface area contributed by atoms with E-state index >= 15 is 0 Å². The zero-order valence-electron chi connectivity index (χ0n) is 87.9. The Morgan fingerprint density at radius 1 is 0.516 bits per heavy atom. The molecule has 7 heteroatoms. The first-order valence-electron chi connectivity index (χ1n) is 48.9. The first-order chi connectivity index (χ1) is 60.3. The summed E-state index contributed by atoms with van der Waals surface area (Å²) < 4.78 is 380. The molecule has 0 bridgehead atoms. The van der Waals surface area contributed by atoms with E-state index in [0.717, 1.165) is 66.4 Å². The maximum atomic E-state index is 10.7. The second-order valence-electron chi connectivity index (χ2n) is 24.7. The fourth-order valence-corrected chi connectivity index (χ4v) is 13.2. The van der Waals surface area contributed by atoms with E-state index in [1.807, 2.05) is 102 Å². The highest BCUT2D eigenvalue weighted by Gasteiger charge is 2.39. The highest BCUT2D eigenvalue weighted by atomic mass is 16.5. The summed E-state index contributed by atoms with van der Waals surface area (Å²) in [4.78, 5) is 4.94. The van der Waals surface area contributed by atoms with Crippen molar-refractivity contribution in [2.45, 2.75) is 128 Å². The fourth-order valence-electron chi connectivity index (χ4n) is 13.2. The van der Waals surface area contributed by atoms with Crippen LogP contribution in [0.3, 0.4) is 0 Å². The van der Waals surface area contributed by atoms with Gasteiger partial charge in [-0.15, -0.1) is 0 Å². The number of hydrogen-bond donors (Lipinski definition) is 0. The zero-order chi connectivity index (χ0) is 96.1. The van der Waals surface area contributed by atoms with Crippen LogP contribution in [0.5, 0.6) is 11.5 Å². The first kappa shape index (κ1) is 29.7. The third kappa shape index (κ3) is 8.97. The quantitative estimate of drug-likeness (QED) is 0.113. The molecule has 2 aliphatic carbocycles. The summed E-state index contributed by atoms with van der Waals surface area (Å²) in [6.45, 7) is -30.5. The summed E-state index contributed by atoms with van der Waals surface area (Å²) >= 11 is 0. The minimum Gasteiger partial charge on any atom is -0.457 e. The van der Waals surface area contributed by atoms with Gasteiger partial charge in [-0.1, -0.05) is 209 Å². The lowest BCUT2D eigenvalue weighted by Crippen LogP contribution is -2.34. The number of imidazole rings is 1. The molecule has 17 rings (SSSR count). The van der Waals surface area contributed by atoms with Crippen LogP contribution in [0.1, 0.15) is 181 Å². The summed E-state index contributed by atoms with van der Waals surface area (Å²) in [7, 11) is 0. The molecule has 7 nitrogen and oxygen atoms in total. The summed E-state index contributed by atoms with van der Waals surface area (Å²) in [5, 5.41) is 3.96. The van der Waals surface area contributed by atoms with Crippen molar-refractivity contribution in [1.82, 2.24) is 18.7 Å². The molecule has 2 aliphatic rings. The molecule has 0 spiro atoms.